The fraction of sp³-hybridized carbons (Fsp3) is 0.625. The van der Waals surface area contributed by atoms with Crippen molar-refractivity contribution in [2.75, 3.05) is 26.7 Å². The first-order chi connectivity index (χ1) is 8.69. The van der Waals surface area contributed by atoms with Crippen LogP contribution in [-0.4, -0.2) is 31.6 Å². The van der Waals surface area contributed by atoms with Gasteiger partial charge in [0.15, 0.2) is 0 Å². The SMILES string of the molecule is COc1cccc(C2CCN(CC(C)C)CC2)c1. The van der Waals surface area contributed by atoms with Crippen LogP contribution in [0.2, 0.25) is 0 Å². The highest BCUT2D eigenvalue weighted by Gasteiger charge is 2.21. The van der Waals surface area contributed by atoms with Crippen molar-refractivity contribution in [2.45, 2.75) is 32.6 Å². The standard InChI is InChI=1S/C16H25NO/c1-13(2)12-17-9-7-14(8-10-17)15-5-4-6-16(11-15)18-3/h4-6,11,13-14H,7-10,12H2,1-3H3. The fourth-order valence-electron chi connectivity index (χ4n) is 2.86. The van der Waals surface area contributed by atoms with Crippen molar-refractivity contribution in [1.82, 2.24) is 4.90 Å². The summed E-state index contributed by atoms with van der Waals surface area (Å²) in [4.78, 5) is 2.60. The van der Waals surface area contributed by atoms with Crippen molar-refractivity contribution in [3.8, 4) is 5.75 Å². The molecule has 0 aromatic heterocycles. The average molecular weight is 247 g/mol. The molecule has 1 aliphatic rings. The zero-order chi connectivity index (χ0) is 13.0. The van der Waals surface area contributed by atoms with Gasteiger partial charge in [0.05, 0.1) is 7.11 Å². The molecule has 0 saturated carbocycles. The Labute approximate surface area is 111 Å². The van der Waals surface area contributed by atoms with E-state index < -0.39 is 0 Å². The van der Waals surface area contributed by atoms with Gasteiger partial charge in [-0.25, -0.2) is 0 Å². The molecule has 0 amide bonds. The summed E-state index contributed by atoms with van der Waals surface area (Å²) < 4.78 is 5.31. The van der Waals surface area contributed by atoms with Crippen LogP contribution in [0, 0.1) is 5.92 Å². The Morgan fingerprint density at radius 1 is 1.28 bits per heavy atom. The molecule has 2 rings (SSSR count). The van der Waals surface area contributed by atoms with Crippen LogP contribution < -0.4 is 4.74 Å². The van der Waals surface area contributed by atoms with E-state index in [2.05, 4.69) is 36.9 Å². The molecule has 100 valence electrons. The van der Waals surface area contributed by atoms with Crippen molar-refractivity contribution in [2.24, 2.45) is 5.92 Å². The van der Waals surface area contributed by atoms with Gasteiger partial charge in [0.1, 0.15) is 5.75 Å². The zero-order valence-corrected chi connectivity index (χ0v) is 11.9. The number of piperidine rings is 1. The Morgan fingerprint density at radius 2 is 2.00 bits per heavy atom. The van der Waals surface area contributed by atoms with Gasteiger partial charge in [0.2, 0.25) is 0 Å². The van der Waals surface area contributed by atoms with E-state index >= 15 is 0 Å². The molecule has 1 saturated heterocycles. The molecule has 0 aliphatic carbocycles. The van der Waals surface area contributed by atoms with Crippen molar-refractivity contribution >= 4 is 0 Å². The summed E-state index contributed by atoms with van der Waals surface area (Å²) >= 11 is 0. The van der Waals surface area contributed by atoms with Gasteiger partial charge >= 0.3 is 0 Å². The Bertz CT molecular complexity index is 367. The molecule has 0 radical (unpaired) electrons. The summed E-state index contributed by atoms with van der Waals surface area (Å²) in [6.45, 7) is 8.31. The lowest BCUT2D eigenvalue weighted by Gasteiger charge is -2.33. The molecule has 0 atom stereocenters. The van der Waals surface area contributed by atoms with E-state index in [1.165, 1.54) is 38.0 Å². The van der Waals surface area contributed by atoms with Crippen LogP contribution in [0.4, 0.5) is 0 Å². The molecule has 0 N–H and O–H groups in total. The summed E-state index contributed by atoms with van der Waals surface area (Å²) in [5.41, 5.74) is 1.44. The Morgan fingerprint density at radius 3 is 2.61 bits per heavy atom. The molecule has 0 unspecified atom stereocenters. The van der Waals surface area contributed by atoms with Gasteiger partial charge in [0.25, 0.3) is 0 Å². The van der Waals surface area contributed by atoms with Crippen LogP contribution in [0.1, 0.15) is 38.2 Å². The molecule has 2 nitrogen and oxygen atoms in total. The molecule has 18 heavy (non-hydrogen) atoms. The molecule has 1 heterocycles. The average Bonchev–Trinajstić information content (AvgIpc) is 2.39. The first-order valence-corrected chi connectivity index (χ1v) is 7.05. The first kappa shape index (κ1) is 13.4. The number of likely N-dealkylation sites (tertiary alicyclic amines) is 1. The highest BCUT2D eigenvalue weighted by Crippen LogP contribution is 2.30. The van der Waals surface area contributed by atoms with E-state index in [1.54, 1.807) is 7.11 Å². The van der Waals surface area contributed by atoms with Gasteiger partial charge in [-0.2, -0.15) is 0 Å². The second-order valence-electron chi connectivity index (χ2n) is 5.75. The molecule has 2 heteroatoms. The number of benzene rings is 1. The second-order valence-corrected chi connectivity index (χ2v) is 5.75. The molecule has 1 aromatic carbocycles. The van der Waals surface area contributed by atoms with Crippen LogP contribution in [0.25, 0.3) is 0 Å². The third-order valence-electron chi connectivity index (χ3n) is 3.78. The van der Waals surface area contributed by atoms with Gasteiger partial charge in [-0.05, 0) is 55.5 Å². The predicted octanol–water partition coefficient (Wildman–Crippen LogP) is 3.53. The smallest absolute Gasteiger partial charge is 0.119 e. The number of rotatable bonds is 4. The van der Waals surface area contributed by atoms with Crippen molar-refractivity contribution in [3.63, 3.8) is 0 Å². The quantitative estimate of drug-likeness (QED) is 0.807. The van der Waals surface area contributed by atoms with Crippen molar-refractivity contribution in [3.05, 3.63) is 29.8 Å². The monoisotopic (exact) mass is 247 g/mol. The summed E-state index contributed by atoms with van der Waals surface area (Å²) in [7, 11) is 1.74. The van der Waals surface area contributed by atoms with Crippen molar-refractivity contribution < 1.29 is 4.74 Å². The Balaban J connectivity index is 1.92. The fourth-order valence-corrected chi connectivity index (χ4v) is 2.86. The topological polar surface area (TPSA) is 12.5 Å². The molecule has 1 fully saturated rings. The van der Waals surface area contributed by atoms with Gasteiger partial charge in [-0.15, -0.1) is 0 Å². The van der Waals surface area contributed by atoms with Crippen molar-refractivity contribution in [1.29, 1.82) is 0 Å². The van der Waals surface area contributed by atoms with Crippen LogP contribution in [0.3, 0.4) is 0 Å². The number of nitrogens with zero attached hydrogens (tertiary/aromatic N) is 1. The normalized spacial score (nSPS) is 18.2. The number of ether oxygens (including phenoxy) is 1. The van der Waals surface area contributed by atoms with Crippen LogP contribution >= 0.6 is 0 Å². The van der Waals surface area contributed by atoms with E-state index in [9.17, 15) is 0 Å². The summed E-state index contributed by atoms with van der Waals surface area (Å²) in [6.07, 6.45) is 2.56. The van der Waals surface area contributed by atoms with Gasteiger partial charge in [-0.1, -0.05) is 26.0 Å². The molecule has 0 spiro atoms. The van der Waals surface area contributed by atoms with E-state index in [0.29, 0.717) is 5.92 Å². The van der Waals surface area contributed by atoms with E-state index in [0.717, 1.165) is 11.7 Å². The number of hydrogen-bond acceptors (Lipinski definition) is 2. The highest BCUT2D eigenvalue weighted by molar-refractivity contribution is 5.31. The molecular formula is C16H25NO. The second kappa shape index (κ2) is 6.24. The minimum atomic E-state index is 0.712. The van der Waals surface area contributed by atoms with Gasteiger partial charge in [-0.3, -0.25) is 0 Å². The minimum absolute atomic E-state index is 0.712. The van der Waals surface area contributed by atoms with Gasteiger partial charge in [0, 0.05) is 6.54 Å². The Hall–Kier alpha value is -1.02. The number of hydrogen-bond donors (Lipinski definition) is 0. The maximum absolute atomic E-state index is 5.31. The lowest BCUT2D eigenvalue weighted by Crippen LogP contribution is -2.35. The van der Waals surface area contributed by atoms with E-state index in [4.69, 9.17) is 4.74 Å². The maximum Gasteiger partial charge on any atom is 0.119 e. The van der Waals surface area contributed by atoms with Crippen LogP contribution in [0.5, 0.6) is 5.75 Å². The lowest BCUT2D eigenvalue weighted by atomic mass is 9.89. The maximum atomic E-state index is 5.31. The summed E-state index contributed by atoms with van der Waals surface area (Å²) in [6, 6.07) is 8.57. The minimum Gasteiger partial charge on any atom is -0.497 e. The molecule has 1 aliphatic heterocycles. The Kier molecular flexibility index (Phi) is 4.65. The lowest BCUT2D eigenvalue weighted by molar-refractivity contribution is 0.192. The summed E-state index contributed by atoms with van der Waals surface area (Å²) in [5.74, 6) is 2.47. The van der Waals surface area contributed by atoms with Crippen LogP contribution in [-0.2, 0) is 0 Å². The zero-order valence-electron chi connectivity index (χ0n) is 11.9. The predicted molar refractivity (Wildman–Crippen MR) is 76.2 cm³/mol. The third-order valence-corrected chi connectivity index (χ3v) is 3.78. The highest BCUT2D eigenvalue weighted by atomic mass is 16.5. The van der Waals surface area contributed by atoms with Crippen LogP contribution in [0.15, 0.2) is 24.3 Å². The van der Waals surface area contributed by atoms with Gasteiger partial charge < -0.3 is 9.64 Å². The molecule has 1 aromatic rings. The first-order valence-electron chi connectivity index (χ1n) is 7.05. The largest absolute Gasteiger partial charge is 0.497 e. The molecule has 0 bridgehead atoms. The summed E-state index contributed by atoms with van der Waals surface area (Å²) in [5, 5.41) is 0. The third kappa shape index (κ3) is 3.49. The van der Waals surface area contributed by atoms with E-state index in [1.807, 2.05) is 6.07 Å². The molecular weight excluding hydrogens is 222 g/mol. The number of methoxy groups -OCH3 is 1. The van der Waals surface area contributed by atoms with E-state index in [-0.39, 0.29) is 0 Å².